The number of amides is 1. The molecular formula is C8H9Br2N3O4S. The van der Waals surface area contributed by atoms with Crippen LogP contribution < -0.4 is 15.2 Å². The van der Waals surface area contributed by atoms with Gasteiger partial charge in [0.25, 0.3) is 0 Å². The van der Waals surface area contributed by atoms with Gasteiger partial charge in [0.1, 0.15) is 0 Å². The Hall–Kier alpha value is -1.000. The SMILES string of the molecule is COC(=O)NS(=O)(=O)Nc1c(N)cc(Br)cc1Br. The Morgan fingerprint density at radius 1 is 1.39 bits per heavy atom. The van der Waals surface area contributed by atoms with Crippen molar-refractivity contribution in [1.82, 2.24) is 4.72 Å². The van der Waals surface area contributed by atoms with Crippen LogP contribution in [-0.2, 0) is 14.9 Å². The van der Waals surface area contributed by atoms with Crippen molar-refractivity contribution < 1.29 is 17.9 Å². The van der Waals surface area contributed by atoms with Gasteiger partial charge in [-0.25, -0.2) is 9.52 Å². The normalized spacial score (nSPS) is 10.8. The van der Waals surface area contributed by atoms with E-state index in [1.165, 1.54) is 6.07 Å². The Bertz CT molecular complexity index is 553. The quantitative estimate of drug-likeness (QED) is 0.667. The number of carbonyl (C=O) groups is 1. The van der Waals surface area contributed by atoms with Gasteiger partial charge in [0.05, 0.1) is 18.5 Å². The molecule has 0 aromatic heterocycles. The molecule has 0 atom stereocenters. The number of carbonyl (C=O) groups excluding carboxylic acids is 1. The van der Waals surface area contributed by atoms with Crippen molar-refractivity contribution in [2.75, 3.05) is 17.6 Å². The van der Waals surface area contributed by atoms with Crippen LogP contribution in [0.5, 0.6) is 0 Å². The summed E-state index contributed by atoms with van der Waals surface area (Å²) in [6, 6.07) is 3.12. The summed E-state index contributed by atoms with van der Waals surface area (Å²) in [6.07, 6.45) is -1.10. The molecule has 1 rings (SSSR count). The molecule has 0 radical (unpaired) electrons. The van der Waals surface area contributed by atoms with Gasteiger partial charge < -0.3 is 10.5 Å². The van der Waals surface area contributed by atoms with Crippen molar-refractivity contribution in [3.05, 3.63) is 21.1 Å². The van der Waals surface area contributed by atoms with E-state index in [-0.39, 0.29) is 11.4 Å². The van der Waals surface area contributed by atoms with Crippen molar-refractivity contribution in [2.24, 2.45) is 0 Å². The topological polar surface area (TPSA) is 111 Å². The molecule has 0 aliphatic rings. The van der Waals surface area contributed by atoms with Gasteiger partial charge in [0.15, 0.2) is 0 Å². The third-order valence-electron chi connectivity index (χ3n) is 1.73. The molecule has 0 saturated heterocycles. The third kappa shape index (κ3) is 4.03. The minimum absolute atomic E-state index is 0.120. The molecule has 0 heterocycles. The molecule has 0 aliphatic heterocycles. The maximum Gasteiger partial charge on any atom is 0.422 e. The van der Waals surface area contributed by atoms with Gasteiger partial charge in [0.2, 0.25) is 0 Å². The summed E-state index contributed by atoms with van der Waals surface area (Å²) < 4.78 is 32.1. The highest BCUT2D eigenvalue weighted by atomic mass is 79.9. The van der Waals surface area contributed by atoms with Gasteiger partial charge in [-0.1, -0.05) is 15.9 Å². The number of nitrogens with one attached hydrogen (secondary N) is 2. The van der Waals surface area contributed by atoms with Crippen LogP contribution >= 0.6 is 31.9 Å². The Morgan fingerprint density at radius 2 is 2.00 bits per heavy atom. The number of nitrogens with two attached hydrogens (primary N) is 1. The molecule has 1 aromatic rings. The Balaban J connectivity index is 3.01. The highest BCUT2D eigenvalue weighted by Gasteiger charge is 2.17. The van der Waals surface area contributed by atoms with E-state index in [1.54, 1.807) is 10.8 Å². The Kier molecular flexibility index (Phi) is 4.82. The Labute approximate surface area is 121 Å². The average molecular weight is 403 g/mol. The molecule has 10 heteroatoms. The predicted molar refractivity (Wildman–Crippen MR) is 74.3 cm³/mol. The lowest BCUT2D eigenvalue weighted by atomic mass is 10.3. The molecule has 100 valence electrons. The first-order valence-corrected chi connectivity index (χ1v) is 7.45. The number of hydrogen-bond acceptors (Lipinski definition) is 5. The predicted octanol–water partition coefficient (Wildman–Crippen LogP) is 1.81. The summed E-state index contributed by atoms with van der Waals surface area (Å²) in [7, 11) is -3.05. The zero-order valence-electron chi connectivity index (χ0n) is 9.03. The number of rotatable bonds is 3. The van der Waals surface area contributed by atoms with Crippen molar-refractivity contribution in [1.29, 1.82) is 0 Å². The summed E-state index contributed by atoms with van der Waals surface area (Å²) in [5.41, 5.74) is 5.97. The van der Waals surface area contributed by atoms with E-state index < -0.39 is 16.3 Å². The van der Waals surface area contributed by atoms with Crippen molar-refractivity contribution in [3.8, 4) is 0 Å². The fourth-order valence-corrected chi connectivity index (χ4v) is 3.35. The van der Waals surface area contributed by atoms with E-state index in [0.29, 0.717) is 8.95 Å². The molecule has 4 N–H and O–H groups in total. The first-order chi connectivity index (χ1) is 8.25. The van der Waals surface area contributed by atoms with Crippen molar-refractivity contribution >= 4 is 59.5 Å². The second-order valence-corrected chi connectivity index (χ2v) is 6.24. The lowest BCUT2D eigenvalue weighted by molar-refractivity contribution is 0.177. The second-order valence-electron chi connectivity index (χ2n) is 3.05. The van der Waals surface area contributed by atoms with E-state index in [2.05, 4.69) is 41.3 Å². The lowest BCUT2D eigenvalue weighted by Crippen LogP contribution is -2.35. The smallest absolute Gasteiger partial charge is 0.422 e. The fourth-order valence-electron chi connectivity index (χ4n) is 1.01. The summed E-state index contributed by atoms with van der Waals surface area (Å²) >= 11 is 6.35. The van der Waals surface area contributed by atoms with E-state index >= 15 is 0 Å². The van der Waals surface area contributed by atoms with Crippen LogP contribution in [0, 0.1) is 0 Å². The van der Waals surface area contributed by atoms with Gasteiger partial charge in [-0.3, -0.25) is 4.72 Å². The molecule has 7 nitrogen and oxygen atoms in total. The summed E-state index contributed by atoms with van der Waals surface area (Å²) in [5, 5.41) is 0. The van der Waals surface area contributed by atoms with E-state index in [0.717, 1.165) is 7.11 Å². The molecular weight excluding hydrogens is 394 g/mol. The minimum Gasteiger partial charge on any atom is -0.452 e. The zero-order valence-corrected chi connectivity index (χ0v) is 13.0. The molecule has 0 spiro atoms. The second kappa shape index (κ2) is 5.76. The van der Waals surface area contributed by atoms with Crippen LogP contribution in [0.4, 0.5) is 16.2 Å². The van der Waals surface area contributed by atoms with Crippen LogP contribution in [0.3, 0.4) is 0 Å². The monoisotopic (exact) mass is 401 g/mol. The minimum atomic E-state index is -4.10. The largest absolute Gasteiger partial charge is 0.452 e. The van der Waals surface area contributed by atoms with Gasteiger partial charge in [-0.15, -0.1) is 0 Å². The number of benzene rings is 1. The molecule has 1 amide bonds. The van der Waals surface area contributed by atoms with Gasteiger partial charge in [0, 0.05) is 8.95 Å². The third-order valence-corrected chi connectivity index (χ3v) is 3.72. The van der Waals surface area contributed by atoms with Crippen LogP contribution in [0.15, 0.2) is 21.1 Å². The molecule has 0 aliphatic carbocycles. The van der Waals surface area contributed by atoms with E-state index in [4.69, 9.17) is 5.73 Å². The highest BCUT2D eigenvalue weighted by molar-refractivity contribution is 9.11. The van der Waals surface area contributed by atoms with Gasteiger partial charge in [-0.2, -0.15) is 8.42 Å². The summed E-state index contributed by atoms with van der Waals surface area (Å²) in [4.78, 5) is 10.8. The number of nitrogen functional groups attached to an aromatic ring is 1. The van der Waals surface area contributed by atoms with Crippen molar-refractivity contribution in [3.63, 3.8) is 0 Å². The highest BCUT2D eigenvalue weighted by Crippen LogP contribution is 2.32. The van der Waals surface area contributed by atoms with Crippen LogP contribution in [0.25, 0.3) is 0 Å². The molecule has 0 saturated carbocycles. The van der Waals surface area contributed by atoms with E-state index in [9.17, 15) is 13.2 Å². The van der Waals surface area contributed by atoms with E-state index in [1.807, 2.05) is 0 Å². The number of halogens is 2. The number of anilines is 2. The van der Waals surface area contributed by atoms with Crippen LogP contribution in [0.2, 0.25) is 0 Å². The summed E-state index contributed by atoms with van der Waals surface area (Å²) in [5.74, 6) is 0. The first kappa shape index (κ1) is 15.1. The van der Waals surface area contributed by atoms with Crippen LogP contribution in [0.1, 0.15) is 0 Å². The molecule has 18 heavy (non-hydrogen) atoms. The molecule has 0 unspecified atom stereocenters. The van der Waals surface area contributed by atoms with Gasteiger partial charge in [-0.05, 0) is 28.1 Å². The first-order valence-electron chi connectivity index (χ1n) is 4.38. The Morgan fingerprint density at radius 3 is 2.50 bits per heavy atom. The maximum atomic E-state index is 11.5. The summed E-state index contributed by atoms with van der Waals surface area (Å²) in [6.45, 7) is 0. The number of ether oxygens (including phenoxy) is 1. The maximum absolute atomic E-state index is 11.5. The fraction of sp³-hybridized carbons (Fsp3) is 0.125. The average Bonchev–Trinajstić information content (AvgIpc) is 2.22. The number of hydrogen-bond donors (Lipinski definition) is 3. The molecule has 0 bridgehead atoms. The lowest BCUT2D eigenvalue weighted by Gasteiger charge is -2.12. The van der Waals surface area contributed by atoms with Crippen LogP contribution in [-0.4, -0.2) is 21.6 Å². The number of methoxy groups -OCH3 is 1. The van der Waals surface area contributed by atoms with Gasteiger partial charge >= 0.3 is 16.3 Å². The molecule has 0 fully saturated rings. The molecule has 1 aromatic carbocycles. The zero-order chi connectivity index (χ0) is 13.9. The van der Waals surface area contributed by atoms with Crippen molar-refractivity contribution in [2.45, 2.75) is 0 Å². The standard InChI is InChI=1S/C8H9Br2N3O4S/c1-17-8(14)13-18(15,16)12-7-5(10)2-4(9)3-6(7)11/h2-3,12H,11H2,1H3,(H,13,14).